The summed E-state index contributed by atoms with van der Waals surface area (Å²) in [5.41, 5.74) is 0.704. The number of aryl methyl sites for hydroxylation is 1. The number of thiocarbonyl (C=S) groups is 1. The molecule has 1 saturated heterocycles. The Hall–Kier alpha value is -2.28. The normalized spacial score (nSPS) is 17.8. The van der Waals surface area contributed by atoms with Gasteiger partial charge in [0.2, 0.25) is 0 Å². The number of hydrogen-bond donors (Lipinski definition) is 1. The van der Waals surface area contributed by atoms with Gasteiger partial charge in [0.25, 0.3) is 11.8 Å². The Kier molecular flexibility index (Phi) is 3.57. The van der Waals surface area contributed by atoms with Gasteiger partial charge in [0.1, 0.15) is 5.57 Å². The fraction of sp³-hybridized carbons (Fsp3) is 0.167. The number of amides is 2. The van der Waals surface area contributed by atoms with Crippen LogP contribution in [0.2, 0.25) is 0 Å². The van der Waals surface area contributed by atoms with E-state index in [9.17, 15) is 9.59 Å². The van der Waals surface area contributed by atoms with Gasteiger partial charge in [0.05, 0.1) is 6.20 Å². The van der Waals surface area contributed by atoms with E-state index >= 15 is 0 Å². The molecule has 0 radical (unpaired) electrons. The molecular weight excluding hydrogens is 264 g/mol. The number of carbonyl (C=O) groups is 2. The maximum absolute atomic E-state index is 12.2. The first kappa shape index (κ1) is 13.2. The molecule has 6 nitrogen and oxygen atoms in total. The summed E-state index contributed by atoms with van der Waals surface area (Å²) in [5.74, 6) is -0.934. The predicted octanol–water partition coefficient (Wildman–Crippen LogP) is 0.233. The smallest absolute Gasteiger partial charge is 0.265 e. The van der Waals surface area contributed by atoms with Crippen molar-refractivity contribution in [3.63, 3.8) is 0 Å². The van der Waals surface area contributed by atoms with Crippen LogP contribution in [-0.4, -0.2) is 38.2 Å². The molecule has 0 unspecified atom stereocenters. The van der Waals surface area contributed by atoms with Crippen LogP contribution in [0, 0.1) is 0 Å². The Labute approximate surface area is 115 Å². The lowest BCUT2D eigenvalue weighted by atomic mass is 10.1. The van der Waals surface area contributed by atoms with E-state index in [4.69, 9.17) is 12.2 Å². The molecule has 0 saturated carbocycles. The second-order valence-electron chi connectivity index (χ2n) is 3.97. The van der Waals surface area contributed by atoms with Crippen molar-refractivity contribution in [2.45, 2.75) is 0 Å². The topological polar surface area (TPSA) is 67.2 Å². The van der Waals surface area contributed by atoms with Crippen molar-refractivity contribution in [2.75, 3.05) is 6.54 Å². The number of nitrogens with zero attached hydrogens (tertiary/aromatic N) is 3. The molecule has 1 N–H and O–H groups in total. The summed E-state index contributed by atoms with van der Waals surface area (Å²) in [7, 11) is 1.75. The first-order chi connectivity index (χ1) is 9.02. The fourth-order valence-electron chi connectivity index (χ4n) is 1.67. The van der Waals surface area contributed by atoms with E-state index in [1.165, 1.54) is 11.0 Å². The lowest BCUT2D eigenvalue weighted by Crippen LogP contribution is -2.53. The van der Waals surface area contributed by atoms with Crippen molar-refractivity contribution in [1.82, 2.24) is 20.0 Å². The molecule has 7 heteroatoms. The van der Waals surface area contributed by atoms with Crippen molar-refractivity contribution in [3.05, 3.63) is 36.2 Å². The molecule has 1 aliphatic heterocycles. The molecule has 1 aromatic heterocycles. The molecule has 2 heterocycles. The fourth-order valence-corrected chi connectivity index (χ4v) is 1.92. The standard InChI is InChI=1S/C12H12N4O2S/c1-3-4-16-11(18)9(10(17)14-12(16)19)5-8-6-13-15(2)7-8/h3,5-7H,1,4H2,2H3,(H,14,17,19). The van der Waals surface area contributed by atoms with Gasteiger partial charge >= 0.3 is 0 Å². The van der Waals surface area contributed by atoms with Crippen LogP contribution in [0.3, 0.4) is 0 Å². The van der Waals surface area contributed by atoms with Gasteiger partial charge in [-0.3, -0.25) is 24.5 Å². The monoisotopic (exact) mass is 276 g/mol. The predicted molar refractivity (Wildman–Crippen MR) is 73.8 cm³/mol. The largest absolute Gasteiger partial charge is 0.298 e. The Morgan fingerprint density at radius 3 is 2.84 bits per heavy atom. The van der Waals surface area contributed by atoms with Crippen molar-refractivity contribution < 1.29 is 9.59 Å². The Bertz CT molecular complexity index is 603. The van der Waals surface area contributed by atoms with Gasteiger partial charge < -0.3 is 0 Å². The third-order valence-corrected chi connectivity index (χ3v) is 2.86. The molecule has 2 rings (SSSR count). The van der Waals surface area contributed by atoms with Crippen molar-refractivity contribution >= 4 is 35.2 Å². The first-order valence-electron chi connectivity index (χ1n) is 5.51. The van der Waals surface area contributed by atoms with Gasteiger partial charge in [-0.25, -0.2) is 0 Å². The van der Waals surface area contributed by atoms with Crippen LogP contribution >= 0.6 is 12.2 Å². The Morgan fingerprint density at radius 1 is 1.53 bits per heavy atom. The van der Waals surface area contributed by atoms with Crippen molar-refractivity contribution in [1.29, 1.82) is 0 Å². The molecule has 0 spiro atoms. The summed E-state index contributed by atoms with van der Waals surface area (Å²) in [4.78, 5) is 25.3. The Morgan fingerprint density at radius 2 is 2.26 bits per heavy atom. The zero-order valence-electron chi connectivity index (χ0n) is 10.3. The maximum atomic E-state index is 12.2. The molecule has 1 aliphatic rings. The zero-order valence-corrected chi connectivity index (χ0v) is 11.1. The van der Waals surface area contributed by atoms with Crippen molar-refractivity contribution in [3.8, 4) is 0 Å². The van der Waals surface area contributed by atoms with Crippen molar-refractivity contribution in [2.24, 2.45) is 7.05 Å². The number of carbonyl (C=O) groups excluding carboxylic acids is 2. The van der Waals surface area contributed by atoms with Gasteiger partial charge in [-0.05, 0) is 18.3 Å². The van der Waals surface area contributed by atoms with E-state index in [-0.39, 0.29) is 17.2 Å². The van der Waals surface area contributed by atoms with E-state index < -0.39 is 11.8 Å². The number of aromatic nitrogens is 2. The van der Waals surface area contributed by atoms with Crippen LogP contribution in [0.25, 0.3) is 6.08 Å². The lowest BCUT2D eigenvalue weighted by Gasteiger charge is -2.27. The molecule has 1 fully saturated rings. The van der Waals surface area contributed by atoms with E-state index in [0.29, 0.717) is 5.56 Å². The summed E-state index contributed by atoms with van der Waals surface area (Å²) in [5, 5.41) is 6.55. The minimum Gasteiger partial charge on any atom is -0.298 e. The summed E-state index contributed by atoms with van der Waals surface area (Å²) < 4.78 is 1.59. The summed E-state index contributed by atoms with van der Waals surface area (Å²) in [6.45, 7) is 3.81. The number of hydrogen-bond acceptors (Lipinski definition) is 4. The quantitative estimate of drug-likeness (QED) is 0.371. The van der Waals surface area contributed by atoms with Gasteiger partial charge in [0, 0.05) is 25.4 Å². The molecule has 1 aromatic rings. The summed E-state index contributed by atoms with van der Waals surface area (Å²) >= 11 is 4.95. The van der Waals surface area contributed by atoms with Crippen LogP contribution in [-0.2, 0) is 16.6 Å². The molecule has 0 aromatic carbocycles. The second kappa shape index (κ2) is 5.15. The zero-order chi connectivity index (χ0) is 14.0. The summed E-state index contributed by atoms with van der Waals surface area (Å²) in [6.07, 6.45) is 6.31. The molecular formula is C12H12N4O2S. The minimum absolute atomic E-state index is 0.0310. The lowest BCUT2D eigenvalue weighted by molar-refractivity contribution is -0.128. The van der Waals surface area contributed by atoms with E-state index in [2.05, 4.69) is 17.0 Å². The van der Waals surface area contributed by atoms with Gasteiger partial charge in [-0.2, -0.15) is 5.10 Å². The van der Waals surface area contributed by atoms with Crippen LogP contribution in [0.4, 0.5) is 0 Å². The highest BCUT2D eigenvalue weighted by Gasteiger charge is 2.32. The minimum atomic E-state index is -0.501. The van der Waals surface area contributed by atoms with E-state index in [1.807, 2.05) is 0 Å². The maximum Gasteiger partial charge on any atom is 0.265 e. The third-order valence-electron chi connectivity index (χ3n) is 2.53. The number of nitrogens with one attached hydrogen (secondary N) is 1. The number of rotatable bonds is 3. The molecule has 19 heavy (non-hydrogen) atoms. The molecule has 0 bridgehead atoms. The van der Waals surface area contributed by atoms with Gasteiger partial charge in [-0.15, -0.1) is 6.58 Å². The molecule has 98 valence electrons. The average Bonchev–Trinajstić information content (AvgIpc) is 2.76. The average molecular weight is 276 g/mol. The first-order valence-corrected chi connectivity index (χ1v) is 5.92. The van der Waals surface area contributed by atoms with Crippen LogP contribution in [0.1, 0.15) is 5.56 Å². The second-order valence-corrected chi connectivity index (χ2v) is 4.36. The van der Waals surface area contributed by atoms with E-state index in [1.54, 1.807) is 30.2 Å². The van der Waals surface area contributed by atoms with Gasteiger partial charge in [-0.1, -0.05) is 6.08 Å². The Balaban J connectivity index is 2.35. The SMILES string of the molecule is C=CCN1C(=O)C(=Cc2cnn(C)c2)C(=O)NC1=S. The molecule has 2 amide bonds. The van der Waals surface area contributed by atoms with Crippen LogP contribution in [0.15, 0.2) is 30.6 Å². The summed E-state index contributed by atoms with van der Waals surface area (Å²) in [6, 6.07) is 0. The third kappa shape index (κ3) is 2.60. The highest BCUT2D eigenvalue weighted by molar-refractivity contribution is 7.80. The highest BCUT2D eigenvalue weighted by atomic mass is 32.1. The van der Waals surface area contributed by atoms with E-state index in [0.717, 1.165) is 0 Å². The molecule has 0 atom stereocenters. The highest BCUT2D eigenvalue weighted by Crippen LogP contribution is 2.14. The van der Waals surface area contributed by atoms with Crippen LogP contribution < -0.4 is 5.32 Å². The van der Waals surface area contributed by atoms with Crippen LogP contribution in [0.5, 0.6) is 0 Å². The molecule has 0 aliphatic carbocycles. The van der Waals surface area contributed by atoms with Gasteiger partial charge in [0.15, 0.2) is 5.11 Å².